The van der Waals surface area contributed by atoms with E-state index >= 15 is 0 Å². The van der Waals surface area contributed by atoms with Crippen LogP contribution in [0.2, 0.25) is 0 Å². The predicted molar refractivity (Wildman–Crippen MR) is 75.7 cm³/mol. The summed E-state index contributed by atoms with van der Waals surface area (Å²) >= 11 is 0. The van der Waals surface area contributed by atoms with Crippen molar-refractivity contribution in [1.29, 1.82) is 0 Å². The van der Waals surface area contributed by atoms with Gasteiger partial charge in [-0.3, -0.25) is 4.79 Å². The number of halogens is 1. The summed E-state index contributed by atoms with van der Waals surface area (Å²) in [6.45, 7) is 0. The molecular weight excluding hydrogens is 271 g/mol. The Morgan fingerprint density at radius 1 is 1.10 bits per heavy atom. The van der Waals surface area contributed by atoms with Crippen molar-refractivity contribution in [3.05, 3.63) is 72.6 Å². The van der Waals surface area contributed by atoms with E-state index in [-0.39, 0.29) is 5.82 Å². The molecule has 104 valence electrons. The van der Waals surface area contributed by atoms with E-state index < -0.39 is 11.7 Å². The predicted octanol–water partition coefficient (Wildman–Crippen LogP) is 2.66. The Morgan fingerprint density at radius 2 is 1.90 bits per heavy atom. The Morgan fingerprint density at radius 3 is 2.67 bits per heavy atom. The van der Waals surface area contributed by atoms with E-state index in [0.717, 1.165) is 5.69 Å². The minimum absolute atomic E-state index is 0.0168. The summed E-state index contributed by atoms with van der Waals surface area (Å²) in [5.41, 5.74) is 1.16. The molecule has 21 heavy (non-hydrogen) atoms. The topological polar surface area (TPSA) is 59.8 Å². The van der Waals surface area contributed by atoms with Crippen molar-refractivity contribution in [1.82, 2.24) is 14.8 Å². The molecule has 2 aromatic carbocycles. The summed E-state index contributed by atoms with van der Waals surface area (Å²) in [5, 5.41) is 6.65. The lowest BCUT2D eigenvalue weighted by atomic mass is 10.3. The highest BCUT2D eigenvalue weighted by Crippen LogP contribution is 2.10. The summed E-state index contributed by atoms with van der Waals surface area (Å²) in [5.74, 6) is -0.894. The molecule has 3 rings (SSSR count). The third-order valence-corrected chi connectivity index (χ3v) is 2.80. The number of para-hydroxylation sites is 1. The van der Waals surface area contributed by atoms with Crippen LogP contribution in [0.3, 0.4) is 0 Å². The monoisotopic (exact) mass is 282 g/mol. The zero-order valence-electron chi connectivity index (χ0n) is 10.9. The van der Waals surface area contributed by atoms with Gasteiger partial charge in [-0.15, -0.1) is 5.10 Å². The summed E-state index contributed by atoms with van der Waals surface area (Å²) < 4.78 is 14.6. The van der Waals surface area contributed by atoms with Crippen LogP contribution in [-0.2, 0) is 0 Å². The molecule has 0 saturated carbocycles. The molecule has 3 aromatic rings. The van der Waals surface area contributed by atoms with Gasteiger partial charge in [-0.25, -0.2) is 14.1 Å². The zero-order chi connectivity index (χ0) is 14.7. The van der Waals surface area contributed by atoms with Crippen LogP contribution in [0.1, 0.15) is 10.6 Å². The highest BCUT2D eigenvalue weighted by atomic mass is 19.1. The number of carbonyl (C=O) groups excluding carboxylic acids is 1. The number of amides is 1. The van der Waals surface area contributed by atoms with E-state index in [1.165, 1.54) is 29.2 Å². The first kappa shape index (κ1) is 13.0. The maximum Gasteiger partial charge on any atom is 0.295 e. The largest absolute Gasteiger partial charge is 0.319 e. The molecular formula is C15H11FN4O. The molecule has 6 heteroatoms. The van der Waals surface area contributed by atoms with Crippen LogP contribution >= 0.6 is 0 Å². The molecule has 1 N–H and O–H groups in total. The highest BCUT2D eigenvalue weighted by Gasteiger charge is 2.12. The Kier molecular flexibility index (Phi) is 3.42. The molecule has 1 aromatic heterocycles. The van der Waals surface area contributed by atoms with Crippen LogP contribution in [0, 0.1) is 5.82 Å². The van der Waals surface area contributed by atoms with Crippen molar-refractivity contribution in [2.45, 2.75) is 0 Å². The molecule has 0 bridgehead atoms. The number of hydrogen-bond donors (Lipinski definition) is 1. The van der Waals surface area contributed by atoms with Crippen LogP contribution in [0.25, 0.3) is 5.69 Å². The van der Waals surface area contributed by atoms with Crippen LogP contribution in [0.4, 0.5) is 10.1 Å². The van der Waals surface area contributed by atoms with Crippen molar-refractivity contribution < 1.29 is 9.18 Å². The average Bonchev–Trinajstić information content (AvgIpc) is 2.98. The SMILES string of the molecule is O=C(Nc1cccc(F)c1)c1ncn(-c2ccccc2)n1. The molecule has 0 saturated heterocycles. The molecule has 0 radical (unpaired) electrons. The summed E-state index contributed by atoms with van der Waals surface area (Å²) in [4.78, 5) is 16.0. The third-order valence-electron chi connectivity index (χ3n) is 2.80. The first-order valence-corrected chi connectivity index (χ1v) is 6.26. The lowest BCUT2D eigenvalue weighted by Crippen LogP contribution is -2.14. The smallest absolute Gasteiger partial charge is 0.295 e. The molecule has 1 amide bonds. The number of aromatic nitrogens is 3. The number of nitrogens with zero attached hydrogens (tertiary/aromatic N) is 3. The van der Waals surface area contributed by atoms with E-state index in [4.69, 9.17) is 0 Å². The van der Waals surface area contributed by atoms with Crippen LogP contribution < -0.4 is 5.32 Å². The second-order valence-corrected chi connectivity index (χ2v) is 4.31. The lowest BCUT2D eigenvalue weighted by molar-refractivity contribution is 0.101. The van der Waals surface area contributed by atoms with Gasteiger partial charge in [0, 0.05) is 5.69 Å². The maximum absolute atomic E-state index is 13.1. The first-order valence-electron chi connectivity index (χ1n) is 6.26. The normalized spacial score (nSPS) is 10.3. The van der Waals surface area contributed by atoms with Gasteiger partial charge in [-0.1, -0.05) is 24.3 Å². The second kappa shape index (κ2) is 5.54. The first-order chi connectivity index (χ1) is 10.2. The Labute approximate surface area is 120 Å². The Bertz CT molecular complexity index is 770. The van der Waals surface area contributed by atoms with E-state index in [1.54, 1.807) is 6.07 Å². The van der Waals surface area contributed by atoms with Crippen LogP contribution in [-0.4, -0.2) is 20.7 Å². The van der Waals surface area contributed by atoms with Crippen molar-refractivity contribution in [3.8, 4) is 5.69 Å². The van der Waals surface area contributed by atoms with E-state index in [0.29, 0.717) is 5.69 Å². The summed E-state index contributed by atoms with van der Waals surface area (Å²) in [6.07, 6.45) is 1.45. The quantitative estimate of drug-likeness (QED) is 0.803. The van der Waals surface area contributed by atoms with Gasteiger partial charge in [-0.05, 0) is 30.3 Å². The zero-order valence-corrected chi connectivity index (χ0v) is 10.9. The molecule has 1 heterocycles. The number of nitrogens with one attached hydrogen (secondary N) is 1. The number of rotatable bonds is 3. The molecule has 0 aliphatic carbocycles. The van der Waals surface area contributed by atoms with Gasteiger partial charge in [-0.2, -0.15) is 0 Å². The van der Waals surface area contributed by atoms with Gasteiger partial charge in [0.1, 0.15) is 12.1 Å². The molecule has 0 aliphatic rings. The van der Waals surface area contributed by atoms with Crippen LogP contribution in [0.15, 0.2) is 60.9 Å². The Hall–Kier alpha value is -3.02. The van der Waals surface area contributed by atoms with Gasteiger partial charge < -0.3 is 5.32 Å². The van der Waals surface area contributed by atoms with E-state index in [1.807, 2.05) is 30.3 Å². The van der Waals surface area contributed by atoms with Crippen molar-refractivity contribution in [2.24, 2.45) is 0 Å². The van der Waals surface area contributed by atoms with Gasteiger partial charge in [0.05, 0.1) is 5.69 Å². The number of benzene rings is 2. The maximum atomic E-state index is 13.1. The van der Waals surface area contributed by atoms with Crippen molar-refractivity contribution in [2.75, 3.05) is 5.32 Å². The molecule has 5 nitrogen and oxygen atoms in total. The minimum atomic E-state index is -0.490. The lowest BCUT2D eigenvalue weighted by Gasteiger charge is -2.02. The summed E-state index contributed by atoms with van der Waals surface area (Å²) in [7, 11) is 0. The average molecular weight is 282 g/mol. The molecule has 0 atom stereocenters. The minimum Gasteiger partial charge on any atom is -0.319 e. The molecule has 0 unspecified atom stereocenters. The van der Waals surface area contributed by atoms with Gasteiger partial charge in [0.15, 0.2) is 0 Å². The van der Waals surface area contributed by atoms with E-state index in [2.05, 4.69) is 15.4 Å². The van der Waals surface area contributed by atoms with Crippen LogP contribution in [0.5, 0.6) is 0 Å². The fourth-order valence-electron chi connectivity index (χ4n) is 1.83. The van der Waals surface area contributed by atoms with Gasteiger partial charge in [0.2, 0.25) is 5.82 Å². The molecule has 0 spiro atoms. The van der Waals surface area contributed by atoms with Crippen molar-refractivity contribution in [3.63, 3.8) is 0 Å². The summed E-state index contributed by atoms with van der Waals surface area (Å²) in [6, 6.07) is 15.0. The standard InChI is InChI=1S/C15H11FN4O/c16-11-5-4-6-12(9-11)18-15(21)14-17-10-20(19-14)13-7-2-1-3-8-13/h1-10H,(H,18,21). The Balaban J connectivity index is 1.78. The number of carbonyl (C=O) groups is 1. The number of anilines is 1. The third kappa shape index (κ3) is 2.94. The molecule has 0 fully saturated rings. The number of hydrogen-bond acceptors (Lipinski definition) is 3. The molecule has 0 aliphatic heterocycles. The van der Waals surface area contributed by atoms with Gasteiger partial charge in [0.25, 0.3) is 5.91 Å². The highest BCUT2D eigenvalue weighted by molar-refractivity contribution is 6.01. The fourth-order valence-corrected chi connectivity index (χ4v) is 1.83. The van der Waals surface area contributed by atoms with Gasteiger partial charge >= 0.3 is 0 Å². The second-order valence-electron chi connectivity index (χ2n) is 4.31. The van der Waals surface area contributed by atoms with E-state index in [9.17, 15) is 9.18 Å². The van der Waals surface area contributed by atoms with Crippen molar-refractivity contribution >= 4 is 11.6 Å². The fraction of sp³-hybridized carbons (Fsp3) is 0.